The quantitative estimate of drug-likeness (QED) is 0.841. The van der Waals surface area contributed by atoms with E-state index >= 15 is 0 Å². The monoisotopic (exact) mass is 218 g/mol. The van der Waals surface area contributed by atoms with Crippen LogP contribution in [0.3, 0.4) is 0 Å². The zero-order chi connectivity index (χ0) is 11.6. The molecule has 1 aliphatic rings. The third kappa shape index (κ3) is 2.22. The van der Waals surface area contributed by atoms with Crippen molar-refractivity contribution in [2.75, 3.05) is 25.0 Å². The van der Waals surface area contributed by atoms with Crippen LogP contribution >= 0.6 is 0 Å². The molecule has 0 unspecified atom stereocenters. The van der Waals surface area contributed by atoms with Crippen LogP contribution in [0.4, 0.5) is 5.69 Å². The first-order chi connectivity index (χ1) is 7.65. The summed E-state index contributed by atoms with van der Waals surface area (Å²) in [6.07, 6.45) is 3.93. The second-order valence-electron chi connectivity index (χ2n) is 5.25. The van der Waals surface area contributed by atoms with Crippen LogP contribution in [0.25, 0.3) is 0 Å². The summed E-state index contributed by atoms with van der Waals surface area (Å²) in [6.45, 7) is 4.03. The average molecular weight is 218 g/mol. The fraction of sp³-hybridized carbons (Fsp3) is 0.571. The molecule has 1 aliphatic carbocycles. The second-order valence-corrected chi connectivity index (χ2v) is 5.25. The molecule has 0 amide bonds. The van der Waals surface area contributed by atoms with Crippen LogP contribution in [0.1, 0.15) is 24.8 Å². The molecule has 0 radical (unpaired) electrons. The highest BCUT2D eigenvalue weighted by molar-refractivity contribution is 5.47. The van der Waals surface area contributed by atoms with Gasteiger partial charge in [0.15, 0.2) is 0 Å². The number of hydrogen-bond acceptors (Lipinski definition) is 2. The van der Waals surface area contributed by atoms with Gasteiger partial charge in [0.2, 0.25) is 0 Å². The molecule has 0 aromatic heterocycles. The van der Waals surface area contributed by atoms with Crippen LogP contribution in [-0.2, 0) is 0 Å². The molecule has 0 bridgehead atoms. The summed E-state index contributed by atoms with van der Waals surface area (Å²) in [5.41, 5.74) is 8.89. The molecule has 0 spiro atoms. The van der Waals surface area contributed by atoms with Gasteiger partial charge in [-0.15, -0.1) is 0 Å². The average Bonchev–Trinajstić information content (AvgIpc) is 2.24. The molecule has 1 aromatic rings. The van der Waals surface area contributed by atoms with Gasteiger partial charge in [0.1, 0.15) is 0 Å². The molecular formula is C14H22N2. The molecule has 0 saturated heterocycles. The van der Waals surface area contributed by atoms with Gasteiger partial charge in [-0.1, -0.05) is 24.1 Å². The van der Waals surface area contributed by atoms with Crippen LogP contribution in [0.5, 0.6) is 0 Å². The van der Waals surface area contributed by atoms with Crippen molar-refractivity contribution in [3.05, 3.63) is 29.8 Å². The van der Waals surface area contributed by atoms with Gasteiger partial charge in [-0.25, -0.2) is 0 Å². The number of aryl methyl sites for hydroxylation is 1. The normalized spacial score (nSPS) is 17.9. The van der Waals surface area contributed by atoms with Gasteiger partial charge in [0.25, 0.3) is 0 Å². The van der Waals surface area contributed by atoms with E-state index in [2.05, 4.69) is 43.1 Å². The van der Waals surface area contributed by atoms with E-state index in [0.717, 1.165) is 13.1 Å². The summed E-state index contributed by atoms with van der Waals surface area (Å²) in [4.78, 5) is 2.34. The van der Waals surface area contributed by atoms with Crippen molar-refractivity contribution in [2.45, 2.75) is 26.2 Å². The third-order valence-electron chi connectivity index (χ3n) is 3.89. The van der Waals surface area contributed by atoms with Gasteiger partial charge < -0.3 is 10.6 Å². The van der Waals surface area contributed by atoms with Crippen molar-refractivity contribution in [1.82, 2.24) is 0 Å². The predicted octanol–water partition coefficient (Wildman–Crippen LogP) is 2.56. The van der Waals surface area contributed by atoms with E-state index in [4.69, 9.17) is 5.73 Å². The van der Waals surface area contributed by atoms with E-state index in [1.54, 1.807) is 0 Å². The predicted molar refractivity (Wildman–Crippen MR) is 69.8 cm³/mol. The van der Waals surface area contributed by atoms with Gasteiger partial charge in [-0.3, -0.25) is 0 Å². The van der Waals surface area contributed by atoms with E-state index in [1.807, 2.05) is 0 Å². The van der Waals surface area contributed by atoms with Gasteiger partial charge in [-0.2, -0.15) is 0 Å². The minimum atomic E-state index is 0.389. The molecule has 16 heavy (non-hydrogen) atoms. The molecule has 88 valence electrons. The Morgan fingerprint density at radius 1 is 1.25 bits per heavy atom. The lowest BCUT2D eigenvalue weighted by Gasteiger charge is -2.44. The zero-order valence-electron chi connectivity index (χ0n) is 10.4. The summed E-state index contributed by atoms with van der Waals surface area (Å²) < 4.78 is 0. The van der Waals surface area contributed by atoms with Gasteiger partial charge in [0, 0.05) is 24.7 Å². The second kappa shape index (κ2) is 4.46. The van der Waals surface area contributed by atoms with Gasteiger partial charge in [0.05, 0.1) is 0 Å². The van der Waals surface area contributed by atoms with E-state index in [0.29, 0.717) is 5.41 Å². The molecular weight excluding hydrogens is 196 g/mol. The maximum atomic E-state index is 5.89. The maximum absolute atomic E-state index is 5.89. The first-order valence-corrected chi connectivity index (χ1v) is 6.13. The highest BCUT2D eigenvalue weighted by atomic mass is 15.1. The number of nitrogens with two attached hydrogens (primary N) is 1. The van der Waals surface area contributed by atoms with Crippen LogP contribution < -0.4 is 10.6 Å². The summed E-state index contributed by atoms with van der Waals surface area (Å²) in [6, 6.07) is 8.72. The van der Waals surface area contributed by atoms with E-state index in [9.17, 15) is 0 Å². The molecule has 2 N–H and O–H groups in total. The van der Waals surface area contributed by atoms with Crippen molar-refractivity contribution in [3.8, 4) is 0 Å². The number of anilines is 1. The van der Waals surface area contributed by atoms with E-state index in [-0.39, 0.29) is 0 Å². The van der Waals surface area contributed by atoms with Crippen LogP contribution in [0.2, 0.25) is 0 Å². The van der Waals surface area contributed by atoms with Gasteiger partial charge >= 0.3 is 0 Å². The summed E-state index contributed by atoms with van der Waals surface area (Å²) >= 11 is 0. The van der Waals surface area contributed by atoms with E-state index < -0.39 is 0 Å². The summed E-state index contributed by atoms with van der Waals surface area (Å²) in [5.74, 6) is 0. The fourth-order valence-corrected chi connectivity index (χ4v) is 2.50. The molecule has 0 heterocycles. The minimum Gasteiger partial charge on any atom is -0.374 e. The molecule has 2 nitrogen and oxygen atoms in total. The topological polar surface area (TPSA) is 29.3 Å². The minimum absolute atomic E-state index is 0.389. The molecule has 2 heteroatoms. The number of rotatable bonds is 4. The van der Waals surface area contributed by atoms with E-state index in [1.165, 1.54) is 30.5 Å². The smallest absolute Gasteiger partial charge is 0.0363 e. The largest absolute Gasteiger partial charge is 0.374 e. The van der Waals surface area contributed by atoms with Crippen LogP contribution in [0.15, 0.2) is 24.3 Å². The number of benzene rings is 1. The Balaban J connectivity index is 2.02. The third-order valence-corrected chi connectivity index (χ3v) is 3.89. The summed E-state index contributed by atoms with van der Waals surface area (Å²) in [7, 11) is 2.17. The molecule has 1 aromatic carbocycles. The van der Waals surface area contributed by atoms with Crippen molar-refractivity contribution < 1.29 is 0 Å². The Morgan fingerprint density at radius 2 is 1.88 bits per heavy atom. The molecule has 1 saturated carbocycles. The van der Waals surface area contributed by atoms with Crippen molar-refractivity contribution >= 4 is 5.69 Å². The molecule has 1 fully saturated rings. The Kier molecular flexibility index (Phi) is 3.20. The molecule has 0 atom stereocenters. The maximum Gasteiger partial charge on any atom is 0.0363 e. The Bertz CT molecular complexity index is 333. The molecule has 2 rings (SSSR count). The van der Waals surface area contributed by atoms with Crippen molar-refractivity contribution in [2.24, 2.45) is 11.1 Å². The lowest BCUT2D eigenvalue weighted by molar-refractivity contribution is 0.154. The standard InChI is InChI=1S/C14H22N2/c1-12-4-6-13(7-5-12)16(2)11-14(10-15)8-3-9-14/h4-7H,3,8-11,15H2,1-2H3. The first-order valence-electron chi connectivity index (χ1n) is 6.13. The lowest BCUT2D eigenvalue weighted by Crippen LogP contribution is -2.46. The lowest BCUT2D eigenvalue weighted by atomic mass is 9.68. The summed E-state index contributed by atoms with van der Waals surface area (Å²) in [5, 5.41) is 0. The number of hydrogen-bond donors (Lipinski definition) is 1. The number of nitrogens with zero attached hydrogens (tertiary/aromatic N) is 1. The fourth-order valence-electron chi connectivity index (χ4n) is 2.50. The first kappa shape index (κ1) is 11.5. The Hall–Kier alpha value is -1.02. The van der Waals surface area contributed by atoms with Gasteiger partial charge in [-0.05, 0) is 38.4 Å². The van der Waals surface area contributed by atoms with Crippen molar-refractivity contribution in [1.29, 1.82) is 0 Å². The van der Waals surface area contributed by atoms with Crippen molar-refractivity contribution in [3.63, 3.8) is 0 Å². The highest BCUT2D eigenvalue weighted by Crippen LogP contribution is 2.40. The SMILES string of the molecule is Cc1ccc(N(C)CC2(CN)CCC2)cc1. The molecule has 0 aliphatic heterocycles. The Morgan fingerprint density at radius 3 is 2.31 bits per heavy atom. The van der Waals surface area contributed by atoms with Crippen LogP contribution in [-0.4, -0.2) is 20.1 Å². The zero-order valence-corrected chi connectivity index (χ0v) is 10.4. The Labute approximate surface area is 98.4 Å². The van der Waals surface area contributed by atoms with Crippen LogP contribution in [0, 0.1) is 12.3 Å². The highest BCUT2D eigenvalue weighted by Gasteiger charge is 2.36.